The molecule has 230 valence electrons. The summed E-state index contributed by atoms with van der Waals surface area (Å²) in [6.07, 6.45) is 18.6. The van der Waals surface area contributed by atoms with Crippen LogP contribution in [0, 0.1) is 12.0 Å². The van der Waals surface area contributed by atoms with Gasteiger partial charge in [0.05, 0.1) is 5.91 Å². The van der Waals surface area contributed by atoms with Gasteiger partial charge in [-0.25, -0.2) is 11.6 Å². The number of nitrogens with one attached hydrogen (secondary N) is 1. The van der Waals surface area contributed by atoms with Crippen molar-refractivity contribution in [1.82, 2.24) is 0 Å². The quantitative estimate of drug-likeness (QED) is 0.245. The van der Waals surface area contributed by atoms with E-state index in [0.29, 0.717) is 0 Å². The molecule has 0 radical (unpaired) electrons. The normalized spacial score (nSPS) is 17.2. The molecule has 8 heteroatoms. The fourth-order valence-corrected chi connectivity index (χ4v) is 7.96. The van der Waals surface area contributed by atoms with Crippen LogP contribution in [-0.2, 0) is 36.1 Å². The third-order valence-corrected chi connectivity index (χ3v) is 10.7. The van der Waals surface area contributed by atoms with Crippen LogP contribution in [0.4, 0.5) is 0 Å². The second-order valence-electron chi connectivity index (χ2n) is 11.0. The van der Waals surface area contributed by atoms with Gasteiger partial charge < -0.3 is 30.3 Å². The van der Waals surface area contributed by atoms with Crippen LogP contribution in [-0.4, -0.2) is 48.8 Å². The van der Waals surface area contributed by atoms with Gasteiger partial charge in [0.2, 0.25) is 0 Å². The number of amides is 1. The number of hydrogen-bond acceptors (Lipinski definition) is 5. The average Bonchev–Trinajstić information content (AvgIpc) is 3.49. The number of hydrogen-bond donors (Lipinski definition) is 2. The molecule has 2 aliphatic rings. The summed E-state index contributed by atoms with van der Waals surface area (Å²) in [7, 11) is -2.38. The molecule has 1 fully saturated rings. The molecule has 2 atom stereocenters. The van der Waals surface area contributed by atoms with E-state index in [-0.39, 0.29) is 39.8 Å². The maximum Gasteiger partial charge on any atom is 2.00 e. The molecule has 43 heavy (non-hydrogen) atoms. The van der Waals surface area contributed by atoms with Crippen molar-refractivity contribution >= 4 is 36.8 Å². The van der Waals surface area contributed by atoms with E-state index in [1.54, 1.807) is 0 Å². The van der Waals surface area contributed by atoms with Gasteiger partial charge in [-0.3, -0.25) is 6.08 Å². The van der Waals surface area contributed by atoms with Crippen LogP contribution in [0.1, 0.15) is 84.0 Å². The average molecular weight is 638 g/mol. The Bertz CT molecular complexity index is 1070. The van der Waals surface area contributed by atoms with E-state index in [4.69, 9.17) is 5.73 Å². The second-order valence-corrected chi connectivity index (χ2v) is 13.8. The Morgan fingerprint density at radius 1 is 0.837 bits per heavy atom. The molecule has 0 heterocycles. The third kappa shape index (κ3) is 15.2. The summed E-state index contributed by atoms with van der Waals surface area (Å²) in [6, 6.07) is 18.3. The molecule has 0 saturated heterocycles. The van der Waals surface area contributed by atoms with Crippen molar-refractivity contribution in [2.24, 2.45) is 5.92 Å². The van der Waals surface area contributed by atoms with Crippen LogP contribution < -0.4 is 10.4 Å². The monoisotopic (exact) mass is 637 g/mol. The first kappa shape index (κ1) is 38.6. The van der Waals surface area contributed by atoms with E-state index in [9.17, 15) is 24.6 Å². The molecule has 1 saturated carbocycles. The SMILES string of the molecule is CC1=[C-]CC=C1.O=CC(O)C(O)C(=O)[SiH](c1ccccc1)c1ccccc1.[NH-]C(=O)C1CCCCCCCCCCC1.[Ti+2]. The van der Waals surface area contributed by atoms with Crippen molar-refractivity contribution in [2.75, 3.05) is 0 Å². The predicted molar refractivity (Wildman–Crippen MR) is 172 cm³/mol. The van der Waals surface area contributed by atoms with E-state index >= 15 is 0 Å². The van der Waals surface area contributed by atoms with Crippen molar-refractivity contribution in [2.45, 2.75) is 96.2 Å². The summed E-state index contributed by atoms with van der Waals surface area (Å²) in [5.41, 5.74) is 8.50. The van der Waals surface area contributed by atoms with Crippen molar-refractivity contribution in [3.8, 4) is 0 Å². The minimum atomic E-state index is -2.38. The van der Waals surface area contributed by atoms with Crippen LogP contribution in [0.15, 0.2) is 78.4 Å². The maximum absolute atomic E-state index is 12.5. The Morgan fingerprint density at radius 3 is 1.60 bits per heavy atom. The van der Waals surface area contributed by atoms with E-state index in [2.05, 4.69) is 25.2 Å². The molecule has 6 nitrogen and oxygen atoms in total. The standard InChI is InChI=1S/C16H16O4Si.C13H25NO.C6H7.Ti/c17-11-14(18)15(19)16(20)21(12-7-3-1-4-8-12)13-9-5-2-6-10-13;14-13(15)12-10-8-6-4-2-1-3-5-7-9-11-12;1-6-4-2-3-5-6;/h1-11,14-15,18-19,21H;12H,1-11H2,(H2,14,15);2,4H,3H2,1H3;/q;;-1;+2/p-1. The number of carbonyl (C=O) groups is 3. The van der Waals surface area contributed by atoms with Gasteiger partial charge in [-0.15, -0.1) is 6.42 Å². The minimum Gasteiger partial charge on any atom is -0.668 e. The van der Waals surface area contributed by atoms with Crippen LogP contribution in [0.5, 0.6) is 0 Å². The fraction of sp³-hybridized carbons (Fsp3) is 0.457. The second kappa shape index (κ2) is 23.0. The molecular weight excluding hydrogens is 590 g/mol. The van der Waals surface area contributed by atoms with Gasteiger partial charge in [0.1, 0.15) is 17.6 Å². The van der Waals surface area contributed by atoms with Gasteiger partial charge in [-0.1, -0.05) is 125 Å². The topological polar surface area (TPSA) is 115 Å². The zero-order valence-electron chi connectivity index (χ0n) is 25.4. The third-order valence-electron chi connectivity index (χ3n) is 7.65. The largest absolute Gasteiger partial charge is 2.00 e. The van der Waals surface area contributed by atoms with Crippen LogP contribution in [0.25, 0.3) is 5.73 Å². The molecule has 2 unspecified atom stereocenters. The van der Waals surface area contributed by atoms with E-state index in [1.165, 1.54) is 50.5 Å². The van der Waals surface area contributed by atoms with Gasteiger partial charge in [-0.2, -0.15) is 6.08 Å². The van der Waals surface area contributed by atoms with Crippen molar-refractivity contribution in [3.63, 3.8) is 0 Å². The number of allylic oxidation sites excluding steroid dienone is 4. The van der Waals surface area contributed by atoms with E-state index < -0.39 is 26.4 Å². The summed E-state index contributed by atoms with van der Waals surface area (Å²) in [5, 5.41) is 20.5. The van der Waals surface area contributed by atoms with Gasteiger partial charge >= 0.3 is 21.7 Å². The molecule has 3 N–H and O–H groups in total. The number of benzene rings is 2. The Kier molecular flexibility index (Phi) is 20.7. The molecule has 2 aromatic rings. The zero-order valence-corrected chi connectivity index (χ0v) is 28.1. The van der Waals surface area contributed by atoms with E-state index in [1.807, 2.05) is 60.7 Å². The summed E-state index contributed by atoms with van der Waals surface area (Å²) >= 11 is 0. The molecule has 0 spiro atoms. The van der Waals surface area contributed by atoms with Gasteiger partial charge in [0.25, 0.3) is 0 Å². The van der Waals surface area contributed by atoms with Crippen molar-refractivity contribution in [1.29, 1.82) is 0 Å². The molecule has 1 amide bonds. The van der Waals surface area contributed by atoms with Crippen LogP contribution in [0.2, 0.25) is 0 Å². The molecule has 4 rings (SSSR count). The molecule has 0 bridgehead atoms. The van der Waals surface area contributed by atoms with E-state index in [0.717, 1.165) is 42.5 Å². The molecule has 0 aliphatic heterocycles. The van der Waals surface area contributed by atoms with Crippen LogP contribution >= 0.6 is 0 Å². The maximum atomic E-state index is 12.5. The van der Waals surface area contributed by atoms with Crippen molar-refractivity contribution < 1.29 is 46.3 Å². The molecule has 0 aromatic heterocycles. The Hall–Kier alpha value is -2.42. The number of aldehydes is 1. The molecule has 2 aliphatic carbocycles. The summed E-state index contributed by atoms with van der Waals surface area (Å²) < 4.78 is 0. The van der Waals surface area contributed by atoms with Gasteiger partial charge in [-0.05, 0) is 23.2 Å². The fourth-order valence-electron chi connectivity index (χ4n) is 5.17. The van der Waals surface area contributed by atoms with Crippen molar-refractivity contribution in [3.05, 3.63) is 90.2 Å². The predicted octanol–water partition coefficient (Wildman–Crippen LogP) is 5.24. The molecular formula is C35H47NO5SiTi. The summed E-state index contributed by atoms with van der Waals surface area (Å²) in [4.78, 5) is 34.2. The zero-order chi connectivity index (χ0) is 30.6. The number of aliphatic hydroxyl groups is 2. The number of rotatable bonds is 7. The van der Waals surface area contributed by atoms with Crippen LogP contribution in [0.3, 0.4) is 0 Å². The Labute approximate surface area is 274 Å². The Balaban J connectivity index is 0.000000365. The Morgan fingerprint density at radius 2 is 1.28 bits per heavy atom. The number of aliphatic hydroxyl groups excluding tert-OH is 2. The first-order chi connectivity index (χ1) is 20.3. The smallest absolute Gasteiger partial charge is 0.668 e. The minimum absolute atomic E-state index is 0. The summed E-state index contributed by atoms with van der Waals surface area (Å²) in [6.45, 7) is 2.06. The summed E-state index contributed by atoms with van der Waals surface area (Å²) in [5.74, 6) is -0.281. The van der Waals surface area contributed by atoms with Gasteiger partial charge in [0, 0.05) is 5.92 Å². The molecule has 2 aromatic carbocycles. The number of carbonyl (C=O) groups excluding carboxylic acids is 3. The first-order valence-electron chi connectivity index (χ1n) is 15.3. The first-order valence-corrected chi connectivity index (χ1v) is 17.0. The van der Waals surface area contributed by atoms with Gasteiger partial charge in [0.15, 0.2) is 15.1 Å².